The molecule has 1 aromatic heterocycles. The minimum Gasteiger partial charge on any atom is -0.330 e. The molecule has 1 rings (SSSR count). The number of thiophene rings is 1. The van der Waals surface area contributed by atoms with Crippen molar-refractivity contribution in [2.24, 2.45) is 0 Å². The molecule has 0 aliphatic carbocycles. The van der Waals surface area contributed by atoms with Gasteiger partial charge in [0.2, 0.25) is 0 Å². The van der Waals surface area contributed by atoms with Gasteiger partial charge in [0.05, 0.1) is 6.54 Å². The van der Waals surface area contributed by atoms with Crippen LogP contribution in [0.3, 0.4) is 0 Å². The van der Waals surface area contributed by atoms with Gasteiger partial charge in [-0.05, 0) is 18.4 Å². The van der Waals surface area contributed by atoms with Crippen molar-refractivity contribution in [3.05, 3.63) is 22.4 Å². The number of carbonyl (C=O) groups excluding carboxylic acids is 1. The van der Waals surface area contributed by atoms with Crippen LogP contribution in [-0.4, -0.2) is 23.5 Å². The summed E-state index contributed by atoms with van der Waals surface area (Å²) >= 11 is 1.33. The zero-order chi connectivity index (χ0) is 11.5. The lowest BCUT2D eigenvalue weighted by Gasteiger charge is -2.21. The highest BCUT2D eigenvalue weighted by molar-refractivity contribution is 7.09. The van der Waals surface area contributed by atoms with E-state index in [1.807, 2.05) is 0 Å². The summed E-state index contributed by atoms with van der Waals surface area (Å²) in [6.45, 7) is 1.60. The number of rotatable bonds is 3. The van der Waals surface area contributed by atoms with Gasteiger partial charge in [0, 0.05) is 11.4 Å². The van der Waals surface area contributed by atoms with Crippen molar-refractivity contribution in [2.75, 3.05) is 6.54 Å². The Morgan fingerprint density at radius 2 is 2.20 bits per heavy atom. The molecule has 0 aliphatic rings. The summed E-state index contributed by atoms with van der Waals surface area (Å²) in [5, 5.41) is 1.77. The summed E-state index contributed by atoms with van der Waals surface area (Å²) < 4.78 is 36.4. The van der Waals surface area contributed by atoms with Crippen LogP contribution in [0.4, 0.5) is 13.2 Å². The first-order chi connectivity index (χ1) is 6.95. The molecular formula is C9H10F3NOS. The highest BCUT2D eigenvalue weighted by Gasteiger charge is 2.41. The average Bonchev–Trinajstić information content (AvgIpc) is 2.64. The predicted molar refractivity (Wildman–Crippen MR) is 51.5 cm³/mol. The van der Waals surface area contributed by atoms with Crippen molar-refractivity contribution >= 4 is 17.2 Å². The van der Waals surface area contributed by atoms with Gasteiger partial charge in [-0.25, -0.2) is 0 Å². The van der Waals surface area contributed by atoms with Crippen molar-refractivity contribution < 1.29 is 18.0 Å². The molecule has 0 saturated heterocycles. The first-order valence-corrected chi connectivity index (χ1v) is 5.21. The Bertz CT molecular complexity index is 321. The van der Waals surface area contributed by atoms with Crippen molar-refractivity contribution in [2.45, 2.75) is 19.6 Å². The number of hydrogen-bond acceptors (Lipinski definition) is 2. The van der Waals surface area contributed by atoms with E-state index in [9.17, 15) is 18.0 Å². The standard InChI is InChI=1S/C9H10F3NOS/c1-2-13(8(14)9(10,11)12)6-7-4-3-5-15-7/h3-5H,2,6H2,1H3. The van der Waals surface area contributed by atoms with Gasteiger partial charge in [-0.1, -0.05) is 6.07 Å². The lowest BCUT2D eigenvalue weighted by Crippen LogP contribution is -2.40. The fourth-order valence-electron chi connectivity index (χ4n) is 1.10. The maximum atomic E-state index is 12.1. The summed E-state index contributed by atoms with van der Waals surface area (Å²) in [4.78, 5) is 12.5. The zero-order valence-corrected chi connectivity index (χ0v) is 8.86. The lowest BCUT2D eigenvalue weighted by atomic mass is 10.4. The largest absolute Gasteiger partial charge is 0.471 e. The lowest BCUT2D eigenvalue weighted by molar-refractivity contribution is -0.185. The van der Waals surface area contributed by atoms with E-state index in [0.29, 0.717) is 0 Å². The Balaban J connectivity index is 2.69. The van der Waals surface area contributed by atoms with Gasteiger partial charge in [0.15, 0.2) is 0 Å². The molecule has 6 heteroatoms. The van der Waals surface area contributed by atoms with Gasteiger partial charge in [-0.2, -0.15) is 13.2 Å². The maximum absolute atomic E-state index is 12.1. The predicted octanol–water partition coefficient (Wildman–Crippen LogP) is 2.66. The molecule has 0 aliphatic heterocycles. The summed E-state index contributed by atoms with van der Waals surface area (Å²) in [5.41, 5.74) is 0. The highest BCUT2D eigenvalue weighted by Crippen LogP contribution is 2.20. The Hall–Kier alpha value is -1.04. The molecule has 0 aromatic carbocycles. The summed E-state index contributed by atoms with van der Waals surface area (Å²) in [7, 11) is 0. The van der Waals surface area contributed by atoms with Gasteiger partial charge in [-0.3, -0.25) is 4.79 Å². The molecule has 0 bridgehead atoms. The molecule has 2 nitrogen and oxygen atoms in total. The number of carbonyl (C=O) groups is 1. The molecule has 0 spiro atoms. The normalized spacial score (nSPS) is 11.5. The van der Waals surface area contributed by atoms with Crippen LogP contribution in [0, 0.1) is 0 Å². The minimum absolute atomic E-state index is 0.0203. The molecule has 0 fully saturated rings. The number of nitrogens with zero attached hydrogens (tertiary/aromatic N) is 1. The molecular weight excluding hydrogens is 227 g/mol. The molecule has 0 radical (unpaired) electrons. The smallest absolute Gasteiger partial charge is 0.330 e. The number of hydrogen-bond donors (Lipinski definition) is 0. The Kier molecular flexibility index (Phi) is 3.73. The number of halogens is 3. The van der Waals surface area contributed by atoms with Crippen LogP contribution >= 0.6 is 11.3 Å². The van der Waals surface area contributed by atoms with Crippen LogP contribution in [0.5, 0.6) is 0 Å². The van der Waals surface area contributed by atoms with E-state index in [1.165, 1.54) is 18.3 Å². The maximum Gasteiger partial charge on any atom is 0.471 e. The molecule has 1 amide bonds. The third-order valence-electron chi connectivity index (χ3n) is 1.84. The Morgan fingerprint density at radius 3 is 2.60 bits per heavy atom. The van der Waals surface area contributed by atoms with Crippen molar-refractivity contribution in [1.82, 2.24) is 4.90 Å². The van der Waals surface area contributed by atoms with E-state index in [4.69, 9.17) is 0 Å². The number of amides is 1. The molecule has 0 N–H and O–H groups in total. The summed E-state index contributed by atoms with van der Waals surface area (Å²) in [6.07, 6.45) is -4.78. The minimum atomic E-state index is -4.78. The molecule has 0 saturated carbocycles. The zero-order valence-electron chi connectivity index (χ0n) is 8.04. The van der Waals surface area contributed by atoms with Gasteiger partial charge in [-0.15, -0.1) is 11.3 Å². The first kappa shape index (κ1) is 12.0. The van der Waals surface area contributed by atoms with Crippen LogP contribution in [0.2, 0.25) is 0 Å². The summed E-state index contributed by atoms with van der Waals surface area (Å²) in [5.74, 6) is -1.78. The fourth-order valence-corrected chi connectivity index (χ4v) is 1.82. The fraction of sp³-hybridized carbons (Fsp3) is 0.444. The molecule has 1 aromatic rings. The molecule has 1 heterocycles. The van der Waals surface area contributed by atoms with E-state index in [1.54, 1.807) is 17.5 Å². The van der Waals surface area contributed by atoms with E-state index in [-0.39, 0.29) is 13.1 Å². The van der Waals surface area contributed by atoms with E-state index >= 15 is 0 Å². The topological polar surface area (TPSA) is 20.3 Å². The Labute approximate surface area is 89.3 Å². The molecule has 0 unspecified atom stereocenters. The van der Waals surface area contributed by atoms with Crippen LogP contribution in [0.15, 0.2) is 17.5 Å². The third-order valence-corrected chi connectivity index (χ3v) is 2.70. The number of alkyl halides is 3. The average molecular weight is 237 g/mol. The van der Waals surface area contributed by atoms with Crippen molar-refractivity contribution in [3.8, 4) is 0 Å². The van der Waals surface area contributed by atoms with E-state index in [2.05, 4.69) is 0 Å². The van der Waals surface area contributed by atoms with Gasteiger partial charge in [0.1, 0.15) is 0 Å². The van der Waals surface area contributed by atoms with Gasteiger partial charge in [0.25, 0.3) is 0 Å². The van der Waals surface area contributed by atoms with Crippen LogP contribution in [0.25, 0.3) is 0 Å². The second-order valence-electron chi connectivity index (χ2n) is 2.90. The molecule has 15 heavy (non-hydrogen) atoms. The first-order valence-electron chi connectivity index (χ1n) is 4.33. The SMILES string of the molecule is CCN(Cc1cccs1)C(=O)C(F)(F)F. The van der Waals surface area contributed by atoms with Gasteiger partial charge < -0.3 is 4.90 Å². The van der Waals surface area contributed by atoms with Crippen molar-refractivity contribution in [1.29, 1.82) is 0 Å². The van der Waals surface area contributed by atoms with E-state index < -0.39 is 12.1 Å². The van der Waals surface area contributed by atoms with Crippen molar-refractivity contribution in [3.63, 3.8) is 0 Å². The summed E-state index contributed by atoms with van der Waals surface area (Å²) in [6, 6.07) is 3.45. The van der Waals surface area contributed by atoms with E-state index in [0.717, 1.165) is 9.78 Å². The molecule has 84 valence electrons. The van der Waals surface area contributed by atoms with Crippen LogP contribution in [-0.2, 0) is 11.3 Å². The third kappa shape index (κ3) is 3.23. The van der Waals surface area contributed by atoms with Crippen LogP contribution < -0.4 is 0 Å². The Morgan fingerprint density at radius 1 is 1.53 bits per heavy atom. The molecule has 0 atom stereocenters. The quantitative estimate of drug-likeness (QED) is 0.791. The van der Waals surface area contributed by atoms with Crippen LogP contribution in [0.1, 0.15) is 11.8 Å². The highest BCUT2D eigenvalue weighted by atomic mass is 32.1. The second kappa shape index (κ2) is 4.65. The van der Waals surface area contributed by atoms with Gasteiger partial charge >= 0.3 is 12.1 Å². The monoisotopic (exact) mass is 237 g/mol. The second-order valence-corrected chi connectivity index (χ2v) is 3.93.